The van der Waals surface area contributed by atoms with Gasteiger partial charge in [-0.05, 0) is 38.0 Å². The minimum atomic E-state index is -0.518. The largest absolute Gasteiger partial charge is 0.481 e. The van der Waals surface area contributed by atoms with Crippen LogP contribution in [-0.2, 0) is 9.53 Å². The lowest BCUT2D eigenvalue weighted by molar-refractivity contribution is -0.127. The summed E-state index contributed by atoms with van der Waals surface area (Å²) in [4.78, 5) is 11.8. The van der Waals surface area contributed by atoms with Gasteiger partial charge in [-0.2, -0.15) is 0 Å². The number of aryl methyl sites for hydroxylation is 1. The molecule has 0 spiro atoms. The Morgan fingerprint density at radius 2 is 2.21 bits per heavy atom. The second-order valence-electron chi connectivity index (χ2n) is 4.31. The van der Waals surface area contributed by atoms with E-state index in [1.54, 1.807) is 14.0 Å². The van der Waals surface area contributed by atoms with E-state index in [-0.39, 0.29) is 5.91 Å². The van der Waals surface area contributed by atoms with Crippen LogP contribution in [0.15, 0.2) is 22.7 Å². The maximum absolute atomic E-state index is 11.8. The Hall–Kier alpha value is -1.07. The summed E-state index contributed by atoms with van der Waals surface area (Å²) < 4.78 is 11.5. The predicted octanol–water partition coefficient (Wildman–Crippen LogP) is 2.68. The lowest BCUT2D eigenvalue weighted by atomic mass is 10.2. The molecule has 1 atom stereocenters. The van der Waals surface area contributed by atoms with Gasteiger partial charge in [0.15, 0.2) is 6.10 Å². The van der Waals surface area contributed by atoms with Gasteiger partial charge >= 0.3 is 0 Å². The molecule has 1 aromatic carbocycles. The highest BCUT2D eigenvalue weighted by molar-refractivity contribution is 9.10. The topological polar surface area (TPSA) is 47.6 Å². The minimum Gasteiger partial charge on any atom is -0.481 e. The average molecular weight is 330 g/mol. The van der Waals surface area contributed by atoms with Gasteiger partial charge in [-0.15, -0.1) is 0 Å². The minimum absolute atomic E-state index is 0.115. The molecule has 1 N–H and O–H groups in total. The van der Waals surface area contributed by atoms with Crippen molar-refractivity contribution in [3.63, 3.8) is 0 Å². The molecule has 1 amide bonds. The molecule has 4 nitrogen and oxygen atoms in total. The summed E-state index contributed by atoms with van der Waals surface area (Å²) in [5.41, 5.74) is 1.00. The molecule has 5 heteroatoms. The SMILES string of the molecule is COCCCNC(=O)C(C)Oc1cc(Br)ccc1C. The third-order valence-electron chi connectivity index (χ3n) is 2.65. The van der Waals surface area contributed by atoms with Crippen molar-refractivity contribution in [1.82, 2.24) is 5.32 Å². The van der Waals surface area contributed by atoms with Crippen molar-refractivity contribution in [2.45, 2.75) is 26.4 Å². The number of carbonyl (C=O) groups excluding carboxylic acids is 1. The Morgan fingerprint density at radius 3 is 2.89 bits per heavy atom. The van der Waals surface area contributed by atoms with E-state index >= 15 is 0 Å². The van der Waals surface area contributed by atoms with E-state index < -0.39 is 6.10 Å². The number of benzene rings is 1. The third-order valence-corrected chi connectivity index (χ3v) is 3.14. The summed E-state index contributed by atoms with van der Waals surface area (Å²) in [5, 5.41) is 2.82. The van der Waals surface area contributed by atoms with Gasteiger partial charge < -0.3 is 14.8 Å². The average Bonchev–Trinajstić information content (AvgIpc) is 2.38. The van der Waals surface area contributed by atoms with Crippen LogP contribution in [0.1, 0.15) is 18.9 Å². The van der Waals surface area contributed by atoms with Crippen LogP contribution in [0.25, 0.3) is 0 Å². The molecule has 0 aromatic heterocycles. The van der Waals surface area contributed by atoms with Crippen molar-refractivity contribution in [3.05, 3.63) is 28.2 Å². The number of halogens is 1. The molecule has 1 rings (SSSR count). The number of hydrogen-bond acceptors (Lipinski definition) is 3. The standard InChI is InChI=1S/C14H20BrNO3/c1-10-5-6-12(15)9-13(10)19-11(2)14(17)16-7-4-8-18-3/h5-6,9,11H,4,7-8H2,1-3H3,(H,16,17). The molecule has 0 aliphatic rings. The fourth-order valence-electron chi connectivity index (χ4n) is 1.52. The van der Waals surface area contributed by atoms with Crippen LogP contribution in [0.5, 0.6) is 5.75 Å². The van der Waals surface area contributed by atoms with Gasteiger partial charge in [-0.25, -0.2) is 0 Å². The highest BCUT2D eigenvalue weighted by atomic mass is 79.9. The van der Waals surface area contributed by atoms with Crippen LogP contribution in [0.4, 0.5) is 0 Å². The summed E-state index contributed by atoms with van der Waals surface area (Å²) in [5.74, 6) is 0.601. The first kappa shape index (κ1) is 16.0. The normalized spacial score (nSPS) is 12.0. The van der Waals surface area contributed by atoms with Crippen LogP contribution in [-0.4, -0.2) is 32.3 Å². The van der Waals surface area contributed by atoms with Crippen molar-refractivity contribution in [2.24, 2.45) is 0 Å². The number of hydrogen-bond donors (Lipinski definition) is 1. The first-order valence-electron chi connectivity index (χ1n) is 6.24. The first-order valence-corrected chi connectivity index (χ1v) is 7.03. The number of ether oxygens (including phenoxy) is 2. The van der Waals surface area contributed by atoms with Gasteiger partial charge in [0.05, 0.1) is 0 Å². The molecule has 1 unspecified atom stereocenters. The summed E-state index contributed by atoms with van der Waals surface area (Å²) in [6, 6.07) is 5.75. The Bertz CT molecular complexity index is 423. The van der Waals surface area contributed by atoms with E-state index in [0.717, 1.165) is 16.5 Å². The zero-order valence-corrected chi connectivity index (χ0v) is 13.1. The van der Waals surface area contributed by atoms with Gasteiger partial charge in [-0.1, -0.05) is 22.0 Å². The van der Waals surface area contributed by atoms with Gasteiger partial charge in [0.25, 0.3) is 5.91 Å². The molecule has 0 heterocycles. The quantitative estimate of drug-likeness (QED) is 0.782. The van der Waals surface area contributed by atoms with Gasteiger partial charge in [0.1, 0.15) is 5.75 Å². The first-order chi connectivity index (χ1) is 9.04. The molecule has 106 valence electrons. The fourth-order valence-corrected chi connectivity index (χ4v) is 1.86. The highest BCUT2D eigenvalue weighted by Gasteiger charge is 2.15. The van der Waals surface area contributed by atoms with E-state index in [0.29, 0.717) is 18.9 Å². The summed E-state index contributed by atoms with van der Waals surface area (Å²) in [6.07, 6.45) is 0.278. The van der Waals surface area contributed by atoms with Crippen LogP contribution >= 0.6 is 15.9 Å². The lowest BCUT2D eigenvalue weighted by Gasteiger charge is -2.16. The predicted molar refractivity (Wildman–Crippen MR) is 78.5 cm³/mol. The number of methoxy groups -OCH3 is 1. The van der Waals surface area contributed by atoms with E-state index in [1.807, 2.05) is 25.1 Å². The molecule has 19 heavy (non-hydrogen) atoms. The van der Waals surface area contributed by atoms with Crippen molar-refractivity contribution < 1.29 is 14.3 Å². The smallest absolute Gasteiger partial charge is 0.260 e. The van der Waals surface area contributed by atoms with Crippen molar-refractivity contribution >= 4 is 21.8 Å². The second-order valence-corrected chi connectivity index (χ2v) is 5.22. The fraction of sp³-hybridized carbons (Fsp3) is 0.500. The van der Waals surface area contributed by atoms with E-state index in [4.69, 9.17) is 9.47 Å². The van der Waals surface area contributed by atoms with Gasteiger partial charge in [-0.3, -0.25) is 4.79 Å². The number of rotatable bonds is 7. The van der Waals surface area contributed by atoms with E-state index in [1.165, 1.54) is 0 Å². The molecule has 0 saturated heterocycles. The Balaban J connectivity index is 2.47. The molecular formula is C14H20BrNO3. The Kier molecular flexibility index (Phi) is 6.87. The number of nitrogens with one attached hydrogen (secondary N) is 1. The van der Waals surface area contributed by atoms with Crippen LogP contribution in [0.2, 0.25) is 0 Å². The lowest BCUT2D eigenvalue weighted by Crippen LogP contribution is -2.37. The van der Waals surface area contributed by atoms with Crippen LogP contribution < -0.4 is 10.1 Å². The number of carbonyl (C=O) groups is 1. The highest BCUT2D eigenvalue weighted by Crippen LogP contribution is 2.23. The summed E-state index contributed by atoms with van der Waals surface area (Å²) in [6.45, 7) is 4.93. The van der Waals surface area contributed by atoms with Crippen molar-refractivity contribution in [3.8, 4) is 5.75 Å². The van der Waals surface area contributed by atoms with Gasteiger partial charge in [0.2, 0.25) is 0 Å². The molecule has 0 bridgehead atoms. The molecular weight excluding hydrogens is 310 g/mol. The molecule has 0 aliphatic heterocycles. The van der Waals surface area contributed by atoms with Crippen molar-refractivity contribution in [1.29, 1.82) is 0 Å². The monoisotopic (exact) mass is 329 g/mol. The Labute approximate surface area is 122 Å². The second kappa shape index (κ2) is 8.17. The molecule has 0 fully saturated rings. The summed E-state index contributed by atoms with van der Waals surface area (Å²) >= 11 is 3.39. The molecule has 0 saturated carbocycles. The maximum Gasteiger partial charge on any atom is 0.260 e. The zero-order valence-electron chi connectivity index (χ0n) is 11.5. The maximum atomic E-state index is 11.8. The van der Waals surface area contributed by atoms with Crippen molar-refractivity contribution in [2.75, 3.05) is 20.3 Å². The van der Waals surface area contributed by atoms with Crippen LogP contribution in [0.3, 0.4) is 0 Å². The van der Waals surface area contributed by atoms with E-state index in [2.05, 4.69) is 21.2 Å². The molecule has 0 radical (unpaired) electrons. The molecule has 0 aliphatic carbocycles. The summed E-state index contributed by atoms with van der Waals surface area (Å²) in [7, 11) is 1.64. The third kappa shape index (κ3) is 5.61. The number of amides is 1. The zero-order chi connectivity index (χ0) is 14.3. The van der Waals surface area contributed by atoms with Crippen LogP contribution in [0, 0.1) is 6.92 Å². The van der Waals surface area contributed by atoms with E-state index in [9.17, 15) is 4.79 Å². The van der Waals surface area contributed by atoms with Gasteiger partial charge in [0, 0.05) is 24.7 Å². The molecule has 1 aromatic rings. The Morgan fingerprint density at radius 1 is 1.47 bits per heavy atom.